The molecule has 0 aliphatic heterocycles. The van der Waals surface area contributed by atoms with E-state index in [9.17, 15) is 0 Å². The molecule has 0 aliphatic carbocycles. The van der Waals surface area contributed by atoms with E-state index in [0.717, 1.165) is 4.47 Å². The molecule has 3 nitrogen and oxygen atoms in total. The number of aromatic nitrogens is 1. The highest BCUT2D eigenvalue weighted by Crippen LogP contribution is 2.28. The summed E-state index contributed by atoms with van der Waals surface area (Å²) >= 11 is 3.25. The molecule has 1 rings (SSSR count). The predicted molar refractivity (Wildman–Crippen MR) is 42.9 cm³/mol. The number of ether oxygens (including phenoxy) is 1. The molecule has 0 bridgehead atoms. The summed E-state index contributed by atoms with van der Waals surface area (Å²) < 4.78 is 5.69. The Kier molecular flexibility index (Phi) is 2.11. The van der Waals surface area contributed by atoms with E-state index in [2.05, 4.69) is 20.9 Å². The van der Waals surface area contributed by atoms with Crippen molar-refractivity contribution in [2.45, 2.75) is 0 Å². The van der Waals surface area contributed by atoms with Crippen LogP contribution in [0, 0.1) is 0 Å². The molecule has 1 heterocycles. The highest BCUT2D eigenvalue weighted by molar-refractivity contribution is 9.10. The van der Waals surface area contributed by atoms with E-state index >= 15 is 0 Å². The molecule has 1 aromatic rings. The molecule has 2 N–H and O–H groups in total. The molecule has 10 heavy (non-hydrogen) atoms. The first-order valence-electron chi connectivity index (χ1n) is 2.68. The first kappa shape index (κ1) is 7.34. The Morgan fingerprint density at radius 3 is 2.80 bits per heavy atom. The molecule has 1 aromatic heterocycles. The second-order valence-corrected chi connectivity index (χ2v) is 2.54. The Morgan fingerprint density at radius 2 is 2.30 bits per heavy atom. The van der Waals surface area contributed by atoms with Crippen LogP contribution in [0.15, 0.2) is 16.9 Å². The number of methoxy groups -OCH3 is 1. The van der Waals surface area contributed by atoms with Crippen LogP contribution >= 0.6 is 15.9 Å². The van der Waals surface area contributed by atoms with Crippen LogP contribution in [-0.2, 0) is 0 Å². The lowest BCUT2D eigenvalue weighted by molar-refractivity contribution is 0.410. The minimum atomic E-state index is 0.583. The number of halogens is 1. The molecule has 0 radical (unpaired) electrons. The molecule has 0 spiro atoms. The van der Waals surface area contributed by atoms with Crippen molar-refractivity contribution >= 4 is 21.6 Å². The molecule has 0 fully saturated rings. The number of pyridine rings is 1. The third kappa shape index (κ3) is 1.21. The quantitative estimate of drug-likeness (QED) is 0.750. The molecule has 0 aliphatic rings. The van der Waals surface area contributed by atoms with Gasteiger partial charge in [-0.05, 0) is 15.9 Å². The van der Waals surface area contributed by atoms with E-state index in [4.69, 9.17) is 10.5 Å². The van der Waals surface area contributed by atoms with Gasteiger partial charge >= 0.3 is 0 Å². The molecule has 0 atom stereocenters. The Balaban J connectivity index is 3.14. The van der Waals surface area contributed by atoms with Gasteiger partial charge in [-0.15, -0.1) is 0 Å². The Labute approximate surface area is 67.3 Å². The van der Waals surface area contributed by atoms with E-state index in [0.29, 0.717) is 11.4 Å². The first-order valence-corrected chi connectivity index (χ1v) is 3.48. The van der Waals surface area contributed by atoms with E-state index in [1.165, 1.54) is 0 Å². The molecule has 0 aromatic carbocycles. The van der Waals surface area contributed by atoms with Gasteiger partial charge in [-0.2, -0.15) is 0 Å². The smallest absolute Gasteiger partial charge is 0.153 e. The third-order valence-corrected chi connectivity index (χ3v) is 1.94. The average Bonchev–Trinajstić information content (AvgIpc) is 1.95. The van der Waals surface area contributed by atoms with Gasteiger partial charge in [-0.1, -0.05) is 0 Å². The molecular formula is C6H7BrN2O. The maximum atomic E-state index is 5.51. The van der Waals surface area contributed by atoms with Crippen LogP contribution in [0.1, 0.15) is 0 Å². The summed E-state index contributed by atoms with van der Waals surface area (Å²) in [5.74, 6) is 0.653. The van der Waals surface area contributed by atoms with Gasteiger partial charge in [0, 0.05) is 0 Å². The standard InChI is InChI=1S/C6H7BrN2O/c1-10-5-3-9-2-4(8)6(5)7/h2-3H,8H2,1H3. The number of hydrogen-bond donors (Lipinski definition) is 1. The summed E-state index contributed by atoms with van der Waals surface area (Å²) in [4.78, 5) is 3.84. The van der Waals surface area contributed by atoms with Crippen molar-refractivity contribution in [2.75, 3.05) is 12.8 Å². The Hall–Kier alpha value is -0.770. The van der Waals surface area contributed by atoms with Gasteiger partial charge in [0.15, 0.2) is 5.75 Å². The topological polar surface area (TPSA) is 48.1 Å². The van der Waals surface area contributed by atoms with Crippen LogP contribution in [0.2, 0.25) is 0 Å². The SMILES string of the molecule is COc1cncc(N)c1Br. The maximum Gasteiger partial charge on any atom is 0.153 e. The van der Waals surface area contributed by atoms with Crippen molar-refractivity contribution in [3.05, 3.63) is 16.9 Å². The fourth-order valence-corrected chi connectivity index (χ4v) is 0.950. The van der Waals surface area contributed by atoms with E-state index in [1.54, 1.807) is 19.5 Å². The van der Waals surface area contributed by atoms with Gasteiger partial charge in [0.25, 0.3) is 0 Å². The van der Waals surface area contributed by atoms with E-state index < -0.39 is 0 Å². The average molecular weight is 203 g/mol. The zero-order valence-corrected chi connectivity index (χ0v) is 7.05. The molecule has 54 valence electrons. The first-order chi connectivity index (χ1) is 4.75. The lowest BCUT2D eigenvalue weighted by Crippen LogP contribution is -1.91. The lowest BCUT2D eigenvalue weighted by Gasteiger charge is -2.02. The van der Waals surface area contributed by atoms with Crippen LogP contribution in [0.25, 0.3) is 0 Å². The zero-order valence-electron chi connectivity index (χ0n) is 5.47. The van der Waals surface area contributed by atoms with Crippen LogP contribution in [0.4, 0.5) is 5.69 Å². The van der Waals surface area contributed by atoms with Gasteiger partial charge in [0.05, 0.1) is 29.7 Å². The second-order valence-electron chi connectivity index (χ2n) is 1.74. The minimum Gasteiger partial charge on any atom is -0.494 e. The van der Waals surface area contributed by atoms with Gasteiger partial charge in [-0.3, -0.25) is 4.98 Å². The molecule has 0 unspecified atom stereocenters. The highest BCUT2D eigenvalue weighted by atomic mass is 79.9. The van der Waals surface area contributed by atoms with Gasteiger partial charge in [0.2, 0.25) is 0 Å². The lowest BCUT2D eigenvalue weighted by atomic mass is 10.4. The zero-order chi connectivity index (χ0) is 7.56. The number of anilines is 1. The third-order valence-electron chi connectivity index (χ3n) is 1.10. The number of nitrogen functional groups attached to an aromatic ring is 1. The van der Waals surface area contributed by atoms with Gasteiger partial charge in [-0.25, -0.2) is 0 Å². The molecule has 4 heteroatoms. The second kappa shape index (κ2) is 2.88. The van der Waals surface area contributed by atoms with Gasteiger partial charge in [0.1, 0.15) is 0 Å². The molecule has 0 saturated carbocycles. The summed E-state index contributed by atoms with van der Waals surface area (Å²) in [6, 6.07) is 0. The Bertz CT molecular complexity index is 239. The molecule has 0 amide bonds. The predicted octanol–water partition coefficient (Wildman–Crippen LogP) is 1.43. The summed E-state index contributed by atoms with van der Waals surface area (Å²) in [6.45, 7) is 0. The highest BCUT2D eigenvalue weighted by Gasteiger charge is 2.01. The summed E-state index contributed by atoms with van der Waals surface area (Å²) in [5, 5.41) is 0. The van der Waals surface area contributed by atoms with Crippen molar-refractivity contribution in [1.29, 1.82) is 0 Å². The summed E-state index contributed by atoms with van der Waals surface area (Å²) in [7, 11) is 1.57. The Morgan fingerprint density at radius 1 is 1.60 bits per heavy atom. The van der Waals surface area contributed by atoms with Crippen LogP contribution in [0.5, 0.6) is 5.75 Å². The van der Waals surface area contributed by atoms with Crippen LogP contribution in [-0.4, -0.2) is 12.1 Å². The van der Waals surface area contributed by atoms with Crippen molar-refractivity contribution in [1.82, 2.24) is 4.98 Å². The number of rotatable bonds is 1. The van der Waals surface area contributed by atoms with Crippen molar-refractivity contribution in [3.8, 4) is 5.75 Å². The van der Waals surface area contributed by atoms with Crippen LogP contribution in [0.3, 0.4) is 0 Å². The van der Waals surface area contributed by atoms with E-state index in [-0.39, 0.29) is 0 Å². The minimum absolute atomic E-state index is 0.583. The van der Waals surface area contributed by atoms with Gasteiger partial charge < -0.3 is 10.5 Å². The largest absolute Gasteiger partial charge is 0.494 e. The van der Waals surface area contributed by atoms with Crippen LogP contribution < -0.4 is 10.5 Å². The molecular weight excluding hydrogens is 196 g/mol. The monoisotopic (exact) mass is 202 g/mol. The van der Waals surface area contributed by atoms with E-state index in [1.807, 2.05) is 0 Å². The van der Waals surface area contributed by atoms with Crippen molar-refractivity contribution in [2.24, 2.45) is 0 Å². The van der Waals surface area contributed by atoms with Crippen molar-refractivity contribution in [3.63, 3.8) is 0 Å². The number of nitrogens with two attached hydrogens (primary N) is 1. The summed E-state index contributed by atoms with van der Waals surface area (Å²) in [5.41, 5.74) is 6.09. The number of hydrogen-bond acceptors (Lipinski definition) is 3. The normalized spacial score (nSPS) is 9.40. The summed E-state index contributed by atoms with van der Waals surface area (Å²) in [6.07, 6.45) is 3.16. The van der Waals surface area contributed by atoms with Crippen molar-refractivity contribution < 1.29 is 4.74 Å². The number of nitrogens with zero attached hydrogens (tertiary/aromatic N) is 1. The fraction of sp³-hybridized carbons (Fsp3) is 0.167. The fourth-order valence-electron chi connectivity index (χ4n) is 0.583. The maximum absolute atomic E-state index is 5.51. The molecule has 0 saturated heterocycles.